The van der Waals surface area contributed by atoms with Gasteiger partial charge in [0.2, 0.25) is 0 Å². The van der Waals surface area contributed by atoms with Gasteiger partial charge in [0.15, 0.2) is 6.61 Å². The average molecular weight is 376 g/mol. The minimum absolute atomic E-state index is 0.268. The molecule has 0 aliphatic heterocycles. The van der Waals surface area contributed by atoms with Crippen LogP contribution in [0.3, 0.4) is 0 Å². The van der Waals surface area contributed by atoms with Gasteiger partial charge < -0.3 is 14.8 Å². The number of hydrogen-bond acceptors (Lipinski definition) is 5. The van der Waals surface area contributed by atoms with Crippen LogP contribution in [-0.2, 0) is 25.5 Å². The van der Waals surface area contributed by atoms with Gasteiger partial charge in [-0.25, -0.2) is 9.59 Å². The average Bonchev–Trinajstić information content (AvgIpc) is 2.66. The second kappa shape index (κ2) is 9.58. The molecule has 0 aliphatic rings. The van der Waals surface area contributed by atoms with E-state index in [-0.39, 0.29) is 12.0 Å². The molecule has 0 bridgehead atoms. The van der Waals surface area contributed by atoms with Crippen LogP contribution in [0.15, 0.2) is 54.6 Å². The first-order valence-electron chi connectivity index (χ1n) is 7.83. The van der Waals surface area contributed by atoms with Crippen molar-refractivity contribution in [3.05, 3.63) is 70.7 Å². The van der Waals surface area contributed by atoms with Gasteiger partial charge in [0.05, 0.1) is 12.7 Å². The van der Waals surface area contributed by atoms with Crippen LogP contribution in [0, 0.1) is 0 Å². The van der Waals surface area contributed by atoms with Crippen molar-refractivity contribution in [1.29, 1.82) is 0 Å². The Kier molecular flexibility index (Phi) is 7.17. The second-order valence-electron chi connectivity index (χ2n) is 5.42. The Bertz CT molecular complexity index is 761. The third-order valence-electron chi connectivity index (χ3n) is 3.52. The van der Waals surface area contributed by atoms with Gasteiger partial charge in [-0.1, -0.05) is 41.9 Å². The molecule has 0 aliphatic carbocycles. The number of hydrogen-bond donors (Lipinski definition) is 1. The Hall–Kier alpha value is -2.86. The van der Waals surface area contributed by atoms with Crippen molar-refractivity contribution in [3.8, 4) is 0 Å². The van der Waals surface area contributed by atoms with E-state index in [2.05, 4.69) is 5.32 Å². The Morgan fingerprint density at radius 2 is 1.69 bits per heavy atom. The van der Waals surface area contributed by atoms with Crippen molar-refractivity contribution in [2.24, 2.45) is 0 Å². The van der Waals surface area contributed by atoms with Crippen molar-refractivity contribution < 1.29 is 23.9 Å². The van der Waals surface area contributed by atoms with Gasteiger partial charge in [-0.15, -0.1) is 0 Å². The van der Waals surface area contributed by atoms with Crippen LogP contribution < -0.4 is 5.32 Å². The molecule has 1 N–H and O–H groups in total. The van der Waals surface area contributed by atoms with E-state index in [1.54, 1.807) is 12.1 Å². The summed E-state index contributed by atoms with van der Waals surface area (Å²) in [4.78, 5) is 35.8. The quantitative estimate of drug-likeness (QED) is 0.751. The highest BCUT2D eigenvalue weighted by molar-refractivity contribution is 6.30. The van der Waals surface area contributed by atoms with Crippen LogP contribution >= 0.6 is 11.6 Å². The molecular weight excluding hydrogens is 358 g/mol. The number of nitrogens with one attached hydrogen (secondary N) is 1. The smallest absolute Gasteiger partial charge is 0.338 e. The maximum absolute atomic E-state index is 12.0. The molecule has 0 fully saturated rings. The predicted molar refractivity (Wildman–Crippen MR) is 95.8 cm³/mol. The summed E-state index contributed by atoms with van der Waals surface area (Å²) in [5.41, 5.74) is 1.14. The largest absolute Gasteiger partial charge is 0.467 e. The standard InChI is InChI=1S/C19H18ClNO5/c1-25-19(24)16(11-13-5-3-2-4-6-13)21-17(22)12-26-18(23)14-7-9-15(20)10-8-14/h2-10,16H,11-12H2,1H3,(H,21,22). The fourth-order valence-corrected chi connectivity index (χ4v) is 2.35. The van der Waals surface area contributed by atoms with E-state index in [1.165, 1.54) is 19.2 Å². The number of carbonyl (C=O) groups is 3. The van der Waals surface area contributed by atoms with E-state index in [1.807, 2.05) is 30.3 Å². The molecular formula is C19H18ClNO5. The number of benzene rings is 2. The highest BCUT2D eigenvalue weighted by Crippen LogP contribution is 2.10. The molecule has 6 nitrogen and oxygen atoms in total. The third kappa shape index (κ3) is 5.89. The number of carbonyl (C=O) groups excluding carboxylic acids is 3. The zero-order valence-corrected chi connectivity index (χ0v) is 14.9. The van der Waals surface area contributed by atoms with Crippen LogP contribution in [0.4, 0.5) is 0 Å². The second-order valence-corrected chi connectivity index (χ2v) is 5.85. The van der Waals surface area contributed by atoms with Gasteiger partial charge >= 0.3 is 11.9 Å². The molecule has 0 heterocycles. The summed E-state index contributed by atoms with van der Waals surface area (Å²) in [6, 6.07) is 14.4. The van der Waals surface area contributed by atoms with E-state index in [4.69, 9.17) is 21.1 Å². The molecule has 2 aromatic rings. The van der Waals surface area contributed by atoms with Crippen LogP contribution in [0.25, 0.3) is 0 Å². The highest BCUT2D eigenvalue weighted by atomic mass is 35.5. The maximum atomic E-state index is 12.0. The lowest BCUT2D eigenvalue weighted by Crippen LogP contribution is -2.44. The van der Waals surface area contributed by atoms with E-state index in [9.17, 15) is 14.4 Å². The first-order chi connectivity index (χ1) is 12.5. The van der Waals surface area contributed by atoms with E-state index < -0.39 is 30.5 Å². The number of rotatable bonds is 7. The van der Waals surface area contributed by atoms with E-state index in [0.717, 1.165) is 5.56 Å². The monoisotopic (exact) mass is 375 g/mol. The number of amides is 1. The van der Waals surface area contributed by atoms with E-state index >= 15 is 0 Å². The minimum atomic E-state index is -0.871. The van der Waals surface area contributed by atoms with Crippen molar-refractivity contribution >= 4 is 29.4 Å². The summed E-state index contributed by atoms with van der Waals surface area (Å²) < 4.78 is 9.67. The molecule has 2 rings (SSSR count). The first-order valence-corrected chi connectivity index (χ1v) is 8.21. The van der Waals surface area contributed by atoms with Crippen LogP contribution in [0.2, 0.25) is 5.02 Å². The van der Waals surface area contributed by atoms with Crippen molar-refractivity contribution in [3.63, 3.8) is 0 Å². The Balaban J connectivity index is 1.91. The van der Waals surface area contributed by atoms with E-state index in [0.29, 0.717) is 5.02 Å². The first kappa shape index (κ1) is 19.5. The lowest BCUT2D eigenvalue weighted by Gasteiger charge is -2.16. The summed E-state index contributed by atoms with van der Waals surface area (Å²) in [6.07, 6.45) is 0.268. The lowest BCUT2D eigenvalue weighted by molar-refractivity contribution is -0.145. The van der Waals surface area contributed by atoms with Crippen molar-refractivity contribution in [2.75, 3.05) is 13.7 Å². The lowest BCUT2D eigenvalue weighted by atomic mass is 10.1. The van der Waals surface area contributed by atoms with Gasteiger partial charge in [-0.3, -0.25) is 4.79 Å². The SMILES string of the molecule is COC(=O)C(Cc1ccccc1)NC(=O)COC(=O)c1ccc(Cl)cc1. The maximum Gasteiger partial charge on any atom is 0.338 e. The number of esters is 2. The van der Waals surface area contributed by atoms with Gasteiger partial charge in [-0.2, -0.15) is 0 Å². The molecule has 0 aromatic heterocycles. The number of ether oxygens (including phenoxy) is 2. The van der Waals surface area contributed by atoms with Gasteiger partial charge in [-0.05, 0) is 29.8 Å². The summed E-state index contributed by atoms with van der Waals surface area (Å²) in [6.45, 7) is -0.510. The molecule has 1 amide bonds. The molecule has 0 spiro atoms. The van der Waals surface area contributed by atoms with Crippen LogP contribution in [-0.4, -0.2) is 37.6 Å². The zero-order chi connectivity index (χ0) is 18.9. The summed E-state index contributed by atoms with van der Waals surface area (Å²) >= 11 is 5.75. The fourth-order valence-electron chi connectivity index (χ4n) is 2.22. The molecule has 0 saturated heterocycles. The van der Waals surface area contributed by atoms with Gasteiger partial charge in [0, 0.05) is 11.4 Å². The molecule has 136 valence electrons. The van der Waals surface area contributed by atoms with Crippen LogP contribution in [0.1, 0.15) is 15.9 Å². The Morgan fingerprint density at radius 1 is 1.04 bits per heavy atom. The predicted octanol–water partition coefficient (Wildman–Crippen LogP) is 2.40. The normalized spacial score (nSPS) is 11.3. The van der Waals surface area contributed by atoms with Gasteiger partial charge in [0.1, 0.15) is 6.04 Å². The van der Waals surface area contributed by atoms with Crippen molar-refractivity contribution in [2.45, 2.75) is 12.5 Å². The minimum Gasteiger partial charge on any atom is -0.467 e. The molecule has 0 saturated carbocycles. The van der Waals surface area contributed by atoms with Crippen LogP contribution in [0.5, 0.6) is 0 Å². The molecule has 1 atom stereocenters. The third-order valence-corrected chi connectivity index (χ3v) is 3.77. The number of halogens is 1. The summed E-state index contributed by atoms with van der Waals surface area (Å²) in [5, 5.41) is 3.01. The molecule has 2 aromatic carbocycles. The zero-order valence-electron chi connectivity index (χ0n) is 14.1. The molecule has 7 heteroatoms. The topological polar surface area (TPSA) is 81.7 Å². The highest BCUT2D eigenvalue weighted by Gasteiger charge is 2.22. The Labute approximate surface area is 156 Å². The fraction of sp³-hybridized carbons (Fsp3) is 0.211. The molecule has 26 heavy (non-hydrogen) atoms. The summed E-state index contributed by atoms with van der Waals surface area (Å²) in [7, 11) is 1.24. The number of methoxy groups -OCH3 is 1. The molecule has 1 unspecified atom stereocenters. The van der Waals surface area contributed by atoms with Gasteiger partial charge in [0.25, 0.3) is 5.91 Å². The Morgan fingerprint density at radius 3 is 2.31 bits per heavy atom. The van der Waals surface area contributed by atoms with Crippen molar-refractivity contribution in [1.82, 2.24) is 5.32 Å². The summed E-state index contributed by atoms with van der Waals surface area (Å²) in [5.74, 6) is -1.83. The molecule has 0 radical (unpaired) electrons.